The second-order valence-electron chi connectivity index (χ2n) is 7.13. The van der Waals surface area contributed by atoms with Crippen LogP contribution in [0.25, 0.3) is 0 Å². The number of halogens is 3. The molecule has 0 aliphatic heterocycles. The number of amides is 1. The molecule has 30 heavy (non-hydrogen) atoms. The molecule has 0 saturated carbocycles. The van der Waals surface area contributed by atoms with Gasteiger partial charge >= 0.3 is 6.36 Å². The number of aromatic nitrogens is 2. The van der Waals surface area contributed by atoms with Gasteiger partial charge in [-0.3, -0.25) is 9.48 Å². The first-order valence-electron chi connectivity index (χ1n) is 9.52. The van der Waals surface area contributed by atoms with Crippen LogP contribution >= 0.6 is 0 Å². The first-order chi connectivity index (χ1) is 14.3. The van der Waals surface area contributed by atoms with Crippen molar-refractivity contribution >= 4 is 5.91 Å². The number of benzene rings is 1. The van der Waals surface area contributed by atoms with Gasteiger partial charge in [-0.05, 0) is 49.1 Å². The molecule has 3 aromatic rings. The van der Waals surface area contributed by atoms with E-state index in [1.807, 2.05) is 11.7 Å². The van der Waals surface area contributed by atoms with Gasteiger partial charge in [-0.25, -0.2) is 0 Å². The van der Waals surface area contributed by atoms with Gasteiger partial charge in [0.05, 0.1) is 30.6 Å². The zero-order chi connectivity index (χ0) is 21.3. The van der Waals surface area contributed by atoms with E-state index in [1.165, 1.54) is 29.4 Å². The van der Waals surface area contributed by atoms with Crippen molar-refractivity contribution in [1.82, 2.24) is 14.7 Å². The molecule has 4 rings (SSSR count). The molecule has 0 unspecified atom stereocenters. The van der Waals surface area contributed by atoms with Crippen molar-refractivity contribution < 1.29 is 27.1 Å². The molecule has 0 saturated heterocycles. The van der Waals surface area contributed by atoms with E-state index in [-0.39, 0.29) is 18.7 Å². The maximum Gasteiger partial charge on any atom is 0.573 e. The average Bonchev–Trinajstić information content (AvgIpc) is 3.41. The second kappa shape index (κ2) is 7.89. The highest BCUT2D eigenvalue weighted by atomic mass is 19.4. The first kappa shape index (κ1) is 20.1. The van der Waals surface area contributed by atoms with Crippen molar-refractivity contribution in [3.63, 3.8) is 0 Å². The Morgan fingerprint density at radius 3 is 2.73 bits per heavy atom. The summed E-state index contributed by atoms with van der Waals surface area (Å²) in [6, 6.07) is 8.74. The molecule has 2 aromatic heterocycles. The average molecular weight is 419 g/mol. The Hall–Kier alpha value is -3.23. The second-order valence-corrected chi connectivity index (χ2v) is 7.13. The van der Waals surface area contributed by atoms with Crippen molar-refractivity contribution in [3.05, 3.63) is 70.9 Å². The van der Waals surface area contributed by atoms with Gasteiger partial charge < -0.3 is 14.1 Å². The number of nitrogens with zero attached hydrogens (tertiary/aromatic N) is 3. The van der Waals surface area contributed by atoms with Crippen LogP contribution in [0.4, 0.5) is 13.2 Å². The van der Waals surface area contributed by atoms with Gasteiger partial charge in [0.15, 0.2) is 0 Å². The first-order valence-corrected chi connectivity index (χ1v) is 9.52. The normalized spacial score (nSPS) is 13.3. The number of alkyl halides is 3. The number of para-hydroxylation sites is 1. The number of hydrogen-bond donors (Lipinski definition) is 0. The molecule has 2 heterocycles. The molecule has 0 radical (unpaired) electrons. The smallest absolute Gasteiger partial charge is 0.467 e. The number of aryl methyl sites for hydroxylation is 1. The predicted octanol–water partition coefficient (Wildman–Crippen LogP) is 4.24. The highest BCUT2D eigenvalue weighted by Gasteiger charge is 2.34. The number of rotatable bonds is 6. The molecule has 1 aromatic carbocycles. The summed E-state index contributed by atoms with van der Waals surface area (Å²) in [5, 5.41) is 4.54. The highest BCUT2D eigenvalue weighted by molar-refractivity contribution is 5.96. The minimum absolute atomic E-state index is 0.0948. The SMILES string of the molecule is Cn1nc(CN(Cc2ccco2)C(=O)c2ccccc2OC(F)(F)F)c2c1CCC2. The summed E-state index contributed by atoms with van der Waals surface area (Å²) in [7, 11) is 1.86. The van der Waals surface area contributed by atoms with Crippen molar-refractivity contribution in [2.24, 2.45) is 7.05 Å². The fourth-order valence-electron chi connectivity index (χ4n) is 3.82. The van der Waals surface area contributed by atoms with Gasteiger partial charge in [0.1, 0.15) is 11.5 Å². The third kappa shape index (κ3) is 4.19. The van der Waals surface area contributed by atoms with E-state index in [0.29, 0.717) is 5.76 Å². The van der Waals surface area contributed by atoms with Gasteiger partial charge in [0.25, 0.3) is 5.91 Å². The highest BCUT2D eigenvalue weighted by Crippen LogP contribution is 2.30. The Morgan fingerprint density at radius 1 is 1.20 bits per heavy atom. The van der Waals surface area contributed by atoms with Crippen LogP contribution in [0, 0.1) is 0 Å². The number of furan rings is 1. The lowest BCUT2D eigenvalue weighted by Gasteiger charge is -2.23. The molecule has 1 aliphatic carbocycles. The van der Waals surface area contributed by atoms with Gasteiger partial charge in [0, 0.05) is 12.7 Å². The minimum Gasteiger partial charge on any atom is -0.467 e. The summed E-state index contributed by atoms with van der Waals surface area (Å²) in [6.45, 7) is 0.251. The van der Waals surface area contributed by atoms with Gasteiger partial charge in [0.2, 0.25) is 0 Å². The fraction of sp³-hybridized carbons (Fsp3) is 0.333. The molecular formula is C21H20F3N3O3. The molecule has 0 fully saturated rings. The summed E-state index contributed by atoms with van der Waals surface area (Å²) in [6.07, 6.45) is -0.605. The standard InChI is InChI=1S/C21H20F3N3O3/c1-26-18-9-4-8-15(18)17(25-26)13-27(12-14-6-5-11-29-14)20(28)16-7-2-3-10-19(16)30-21(22,23)24/h2-3,5-7,10-11H,4,8-9,12-13H2,1H3. The fourth-order valence-corrected chi connectivity index (χ4v) is 3.82. The van der Waals surface area contributed by atoms with Crippen LogP contribution in [0.3, 0.4) is 0 Å². The van der Waals surface area contributed by atoms with Crippen LogP contribution < -0.4 is 4.74 Å². The maximum atomic E-state index is 13.3. The van der Waals surface area contributed by atoms with E-state index in [9.17, 15) is 18.0 Å². The molecule has 1 aliphatic rings. The Kier molecular flexibility index (Phi) is 5.27. The number of carbonyl (C=O) groups is 1. The Bertz CT molecular complexity index is 1040. The largest absolute Gasteiger partial charge is 0.573 e. The zero-order valence-electron chi connectivity index (χ0n) is 16.3. The molecule has 9 heteroatoms. The minimum atomic E-state index is -4.90. The predicted molar refractivity (Wildman–Crippen MR) is 101 cm³/mol. The Labute approximate surface area is 170 Å². The summed E-state index contributed by atoms with van der Waals surface area (Å²) in [5.41, 5.74) is 2.82. The summed E-state index contributed by atoms with van der Waals surface area (Å²) >= 11 is 0. The number of fused-ring (bicyclic) bond motifs is 1. The topological polar surface area (TPSA) is 60.5 Å². The van der Waals surface area contributed by atoms with Crippen molar-refractivity contribution in [3.8, 4) is 5.75 Å². The maximum absolute atomic E-state index is 13.3. The van der Waals surface area contributed by atoms with E-state index in [4.69, 9.17) is 4.42 Å². The van der Waals surface area contributed by atoms with Crippen molar-refractivity contribution in [1.29, 1.82) is 0 Å². The van der Waals surface area contributed by atoms with Gasteiger partial charge in [-0.2, -0.15) is 5.10 Å². The van der Waals surface area contributed by atoms with Crippen LogP contribution in [0.5, 0.6) is 5.75 Å². The van der Waals surface area contributed by atoms with Gasteiger partial charge in [-0.1, -0.05) is 12.1 Å². The monoisotopic (exact) mass is 419 g/mol. The quantitative estimate of drug-likeness (QED) is 0.600. The number of carbonyl (C=O) groups excluding carboxylic acids is 1. The molecule has 0 atom stereocenters. The summed E-state index contributed by atoms with van der Waals surface area (Å²) < 4.78 is 49.7. The Balaban J connectivity index is 1.67. The lowest BCUT2D eigenvalue weighted by Crippen LogP contribution is -2.31. The third-order valence-electron chi connectivity index (χ3n) is 5.10. The van der Waals surface area contributed by atoms with E-state index < -0.39 is 18.0 Å². The van der Waals surface area contributed by atoms with Crippen molar-refractivity contribution in [2.75, 3.05) is 0 Å². The molecular weight excluding hydrogens is 399 g/mol. The summed E-state index contributed by atoms with van der Waals surface area (Å²) in [5.74, 6) is -0.612. The molecule has 0 spiro atoms. The zero-order valence-corrected chi connectivity index (χ0v) is 16.3. The third-order valence-corrected chi connectivity index (χ3v) is 5.10. The lowest BCUT2D eigenvalue weighted by atomic mass is 10.1. The van der Waals surface area contributed by atoms with Crippen LogP contribution in [0.15, 0.2) is 47.1 Å². The van der Waals surface area contributed by atoms with Crippen LogP contribution in [-0.4, -0.2) is 26.9 Å². The van der Waals surface area contributed by atoms with E-state index >= 15 is 0 Å². The molecule has 0 bridgehead atoms. The van der Waals surface area contributed by atoms with Crippen molar-refractivity contribution in [2.45, 2.75) is 38.7 Å². The lowest BCUT2D eigenvalue weighted by molar-refractivity contribution is -0.274. The molecule has 6 nitrogen and oxygen atoms in total. The number of hydrogen-bond acceptors (Lipinski definition) is 4. The molecule has 0 N–H and O–H groups in total. The number of ether oxygens (including phenoxy) is 1. The van der Waals surface area contributed by atoms with Crippen LogP contribution in [0.2, 0.25) is 0 Å². The summed E-state index contributed by atoms with van der Waals surface area (Å²) in [4.78, 5) is 14.7. The van der Waals surface area contributed by atoms with Gasteiger partial charge in [-0.15, -0.1) is 13.2 Å². The van der Waals surface area contributed by atoms with Crippen LogP contribution in [-0.2, 0) is 33.0 Å². The molecule has 158 valence electrons. The van der Waals surface area contributed by atoms with E-state index in [2.05, 4.69) is 9.84 Å². The Morgan fingerprint density at radius 2 is 2.00 bits per heavy atom. The van der Waals surface area contributed by atoms with Crippen LogP contribution in [0.1, 0.15) is 39.5 Å². The molecule has 1 amide bonds. The van der Waals surface area contributed by atoms with E-state index in [0.717, 1.165) is 42.3 Å². The van der Waals surface area contributed by atoms with E-state index in [1.54, 1.807) is 12.1 Å².